The highest BCUT2D eigenvalue weighted by atomic mass is 19.4. The molecule has 1 aliphatic rings. The maximum Gasteiger partial charge on any atom is 0.458 e. The molecule has 0 heterocycles. The van der Waals surface area contributed by atoms with Gasteiger partial charge in [-0.2, -0.15) is 22.0 Å². The summed E-state index contributed by atoms with van der Waals surface area (Å²) in [6.45, 7) is 2.07. The lowest BCUT2D eigenvalue weighted by atomic mass is 9.77. The van der Waals surface area contributed by atoms with Crippen molar-refractivity contribution >= 4 is 0 Å². The second-order valence-electron chi connectivity index (χ2n) is 8.49. The van der Waals surface area contributed by atoms with Crippen LogP contribution in [-0.2, 0) is 6.11 Å². The van der Waals surface area contributed by atoms with Crippen LogP contribution in [0.3, 0.4) is 0 Å². The first-order chi connectivity index (χ1) is 16.3. The molecule has 1 aliphatic carbocycles. The molecule has 0 unspecified atom stereocenters. The highest BCUT2D eigenvalue weighted by Crippen LogP contribution is 2.41. The van der Waals surface area contributed by atoms with Gasteiger partial charge in [-0.25, -0.2) is 17.6 Å². The summed E-state index contributed by atoms with van der Waals surface area (Å²) in [4.78, 5) is 0. The first-order valence-electron chi connectivity index (χ1n) is 11.0. The van der Waals surface area contributed by atoms with Crippen LogP contribution >= 0.6 is 0 Å². The Kier molecular flexibility index (Phi) is 7.97. The molecule has 0 aliphatic heterocycles. The molecule has 0 spiro atoms. The van der Waals surface area contributed by atoms with E-state index in [2.05, 4.69) is 11.7 Å². The van der Waals surface area contributed by atoms with Crippen LogP contribution in [0.15, 0.2) is 24.3 Å². The van der Waals surface area contributed by atoms with Crippen molar-refractivity contribution in [2.75, 3.05) is 0 Å². The van der Waals surface area contributed by atoms with Gasteiger partial charge in [-0.15, -0.1) is 0 Å². The Morgan fingerprint density at radius 1 is 0.829 bits per heavy atom. The average Bonchev–Trinajstić information content (AvgIpc) is 2.72. The van der Waals surface area contributed by atoms with E-state index in [-0.39, 0.29) is 23.6 Å². The second-order valence-corrected chi connectivity index (χ2v) is 8.49. The summed E-state index contributed by atoms with van der Waals surface area (Å²) in [6.07, 6.45) is -4.59. The number of hydrogen-bond donors (Lipinski definition) is 0. The molecule has 1 saturated carbocycles. The molecule has 2 aromatic carbocycles. The molecule has 0 N–H and O–H groups in total. The van der Waals surface area contributed by atoms with Crippen molar-refractivity contribution in [1.82, 2.24) is 0 Å². The Labute approximate surface area is 196 Å². The van der Waals surface area contributed by atoms with E-state index in [1.165, 1.54) is 5.92 Å². The molecule has 3 rings (SSSR count). The quantitative estimate of drug-likeness (QED) is 0.281. The molecule has 10 heteroatoms. The lowest BCUT2D eigenvalue weighted by Crippen LogP contribution is -2.26. The van der Waals surface area contributed by atoms with Gasteiger partial charge in [-0.05, 0) is 55.2 Å². The first-order valence-corrected chi connectivity index (χ1v) is 11.0. The lowest BCUT2D eigenvalue weighted by Gasteiger charge is -2.29. The maximum atomic E-state index is 14.6. The summed E-state index contributed by atoms with van der Waals surface area (Å²) >= 11 is 0. The fourth-order valence-electron chi connectivity index (χ4n) is 4.36. The van der Waals surface area contributed by atoms with E-state index in [4.69, 9.17) is 0 Å². The fraction of sp³-hybridized carbons (Fsp3) is 0.440. The largest absolute Gasteiger partial charge is 0.458 e. The van der Waals surface area contributed by atoms with Crippen molar-refractivity contribution < 1.29 is 44.3 Å². The molecule has 1 nitrogen and oxygen atoms in total. The summed E-state index contributed by atoms with van der Waals surface area (Å²) in [6, 6.07) is 1.90. The molecule has 0 bridgehead atoms. The van der Waals surface area contributed by atoms with Crippen molar-refractivity contribution in [3.63, 3.8) is 0 Å². The van der Waals surface area contributed by atoms with Gasteiger partial charge < -0.3 is 4.74 Å². The molecular weight excluding hydrogens is 487 g/mol. The van der Waals surface area contributed by atoms with Gasteiger partial charge in [-0.1, -0.05) is 25.7 Å². The van der Waals surface area contributed by atoms with E-state index in [1.807, 2.05) is 0 Å². The van der Waals surface area contributed by atoms with Gasteiger partial charge in [0.15, 0.2) is 0 Å². The molecule has 35 heavy (non-hydrogen) atoms. The molecule has 0 aromatic heterocycles. The third-order valence-corrected chi connectivity index (χ3v) is 5.96. The number of halogens is 9. The Bertz CT molecular complexity index is 1070. The van der Waals surface area contributed by atoms with E-state index in [0.717, 1.165) is 37.8 Å². The number of benzene rings is 2. The van der Waals surface area contributed by atoms with E-state index in [1.54, 1.807) is 0 Å². The fourth-order valence-corrected chi connectivity index (χ4v) is 4.36. The highest BCUT2D eigenvalue weighted by Gasteiger charge is 2.42. The Balaban J connectivity index is 1.83. The number of rotatable bonds is 6. The number of alkyl halides is 5. The number of hydrogen-bond acceptors (Lipinski definition) is 1. The van der Waals surface area contributed by atoms with Crippen LogP contribution in [0.5, 0.6) is 5.75 Å². The topological polar surface area (TPSA) is 9.23 Å². The van der Waals surface area contributed by atoms with Gasteiger partial charge >= 0.3 is 12.3 Å². The SMILES string of the molecule is CCCC1CCC(c2cc(F)c(C(F)(F)Oc3cc(F)c(C#CC(F)(F)F)c(F)c3)c(F)c2)CC1. The van der Waals surface area contributed by atoms with Gasteiger partial charge in [0.05, 0.1) is 5.56 Å². The van der Waals surface area contributed by atoms with Gasteiger partial charge in [0.2, 0.25) is 0 Å². The lowest BCUT2D eigenvalue weighted by molar-refractivity contribution is -0.189. The predicted molar refractivity (Wildman–Crippen MR) is 110 cm³/mol. The summed E-state index contributed by atoms with van der Waals surface area (Å²) in [5.41, 5.74) is -2.84. The third kappa shape index (κ3) is 6.65. The Morgan fingerprint density at radius 3 is 1.86 bits per heavy atom. The minimum atomic E-state index is -5.04. The van der Waals surface area contributed by atoms with Gasteiger partial charge in [-0.3, -0.25) is 0 Å². The zero-order valence-corrected chi connectivity index (χ0v) is 18.5. The third-order valence-electron chi connectivity index (χ3n) is 5.96. The van der Waals surface area contributed by atoms with Crippen molar-refractivity contribution in [2.45, 2.75) is 63.7 Å². The van der Waals surface area contributed by atoms with Crippen molar-refractivity contribution in [3.8, 4) is 17.6 Å². The maximum absolute atomic E-state index is 14.6. The smallest absolute Gasteiger partial charge is 0.429 e. The highest BCUT2D eigenvalue weighted by molar-refractivity contribution is 5.42. The first kappa shape index (κ1) is 26.8. The molecule has 2 aromatic rings. The van der Waals surface area contributed by atoms with E-state index in [9.17, 15) is 39.5 Å². The zero-order valence-electron chi connectivity index (χ0n) is 18.5. The summed E-state index contributed by atoms with van der Waals surface area (Å²) in [7, 11) is 0. The Morgan fingerprint density at radius 2 is 1.37 bits per heavy atom. The van der Waals surface area contributed by atoms with Crippen LogP contribution in [0.2, 0.25) is 0 Å². The zero-order chi connectivity index (χ0) is 26.0. The molecular formula is C25H21F9O. The number of ether oxygens (including phenoxy) is 1. The van der Waals surface area contributed by atoms with E-state index >= 15 is 0 Å². The predicted octanol–water partition coefficient (Wildman–Crippen LogP) is 8.36. The molecule has 0 atom stereocenters. The minimum Gasteiger partial charge on any atom is -0.429 e. The van der Waals surface area contributed by atoms with E-state index in [0.29, 0.717) is 24.7 Å². The molecule has 0 saturated heterocycles. The minimum absolute atomic E-state index is 0.149. The van der Waals surface area contributed by atoms with Gasteiger partial charge in [0, 0.05) is 18.1 Å². The summed E-state index contributed by atoms with van der Waals surface area (Å²) in [5, 5.41) is 0. The van der Waals surface area contributed by atoms with Crippen LogP contribution in [0.1, 0.15) is 68.1 Å². The molecule has 190 valence electrons. The van der Waals surface area contributed by atoms with Crippen LogP contribution in [0.4, 0.5) is 39.5 Å². The Hall–Kier alpha value is -2.83. The monoisotopic (exact) mass is 508 g/mol. The van der Waals surface area contributed by atoms with Crippen molar-refractivity contribution in [1.29, 1.82) is 0 Å². The van der Waals surface area contributed by atoms with Crippen molar-refractivity contribution in [2.24, 2.45) is 5.92 Å². The van der Waals surface area contributed by atoms with Crippen molar-refractivity contribution in [3.05, 3.63) is 64.2 Å². The van der Waals surface area contributed by atoms with Gasteiger partial charge in [0.25, 0.3) is 0 Å². The molecule has 1 fully saturated rings. The van der Waals surface area contributed by atoms with Crippen LogP contribution < -0.4 is 4.74 Å². The van der Waals surface area contributed by atoms with Crippen LogP contribution in [-0.4, -0.2) is 6.18 Å². The molecule has 0 amide bonds. The normalized spacial score (nSPS) is 18.7. The summed E-state index contributed by atoms with van der Waals surface area (Å²) in [5.74, 6) is -5.61. The van der Waals surface area contributed by atoms with Gasteiger partial charge in [0.1, 0.15) is 34.6 Å². The average molecular weight is 508 g/mol. The second kappa shape index (κ2) is 10.4. The van der Waals surface area contributed by atoms with Crippen LogP contribution in [0, 0.1) is 41.0 Å². The van der Waals surface area contributed by atoms with Crippen LogP contribution in [0.25, 0.3) is 0 Å². The standard InChI is InChI=1S/C25H21F9O/c1-2-3-14-4-6-15(7-5-14)16-10-21(28)23(22(29)11-16)25(33,34)35-17-12-19(26)18(20(27)13-17)8-9-24(30,31)32/h10-15H,2-7H2,1H3. The summed E-state index contributed by atoms with van der Waals surface area (Å²) < 4.78 is 127. The van der Waals surface area contributed by atoms with E-state index < -0.39 is 52.4 Å². The molecule has 0 radical (unpaired) electrons.